The quantitative estimate of drug-likeness (QED) is 0.171. The highest BCUT2D eigenvalue weighted by Crippen LogP contribution is 2.52. The van der Waals surface area contributed by atoms with Gasteiger partial charge in [0.1, 0.15) is 12.4 Å². The fourth-order valence-corrected chi connectivity index (χ4v) is 8.03. The first-order valence-electron chi connectivity index (χ1n) is 18.3. The van der Waals surface area contributed by atoms with Crippen LogP contribution in [-0.2, 0) is 32.3 Å². The Labute approximate surface area is 314 Å². The van der Waals surface area contributed by atoms with Crippen molar-refractivity contribution in [1.29, 1.82) is 0 Å². The van der Waals surface area contributed by atoms with Gasteiger partial charge in [-0.3, -0.25) is 9.80 Å². The lowest BCUT2D eigenvalue weighted by Gasteiger charge is -2.37. The molecule has 0 unspecified atom stereocenters. The molecule has 8 nitrogen and oxygen atoms in total. The number of benzene rings is 5. The average Bonchev–Trinajstić information content (AvgIpc) is 3.18. The van der Waals surface area contributed by atoms with Crippen LogP contribution in [0, 0.1) is 11.6 Å². The van der Waals surface area contributed by atoms with Crippen LogP contribution < -0.4 is 28.4 Å². The number of fused-ring (bicyclic) bond motifs is 2. The van der Waals surface area contributed by atoms with E-state index in [1.807, 2.05) is 36.4 Å². The summed E-state index contributed by atoms with van der Waals surface area (Å²) >= 11 is 0. The number of halogens is 2. The van der Waals surface area contributed by atoms with E-state index in [9.17, 15) is 8.78 Å². The smallest absolute Gasteiger partial charge is 0.204 e. The van der Waals surface area contributed by atoms with Crippen molar-refractivity contribution >= 4 is 0 Å². The van der Waals surface area contributed by atoms with E-state index in [-0.39, 0.29) is 24.3 Å². The van der Waals surface area contributed by atoms with Gasteiger partial charge in [-0.05, 0) is 116 Å². The Morgan fingerprint density at radius 1 is 0.685 bits per heavy atom. The second-order valence-electron chi connectivity index (χ2n) is 14.2. The first kappa shape index (κ1) is 35.7. The predicted octanol–water partition coefficient (Wildman–Crippen LogP) is 9.01. The molecule has 0 fully saturated rings. The maximum atomic E-state index is 15.0. The molecule has 0 aromatic heterocycles. The van der Waals surface area contributed by atoms with Crippen molar-refractivity contribution in [3.05, 3.63) is 129 Å². The number of hydrogen-bond donors (Lipinski definition) is 0. The molecule has 4 aliphatic rings. The largest absolute Gasteiger partial charge is 0.493 e. The van der Waals surface area contributed by atoms with Crippen LogP contribution in [-0.4, -0.2) is 58.3 Å². The molecule has 0 saturated carbocycles. The third kappa shape index (κ3) is 6.69. The minimum Gasteiger partial charge on any atom is -0.493 e. The number of likely N-dealkylation sites (N-methyl/N-ethyl adjacent to an activating group) is 2. The lowest BCUT2D eigenvalue weighted by atomic mass is 9.87. The summed E-state index contributed by atoms with van der Waals surface area (Å²) in [7, 11) is 9.10. The molecular weight excluding hydrogens is 690 g/mol. The van der Waals surface area contributed by atoms with E-state index in [1.165, 1.54) is 23.3 Å². The van der Waals surface area contributed by atoms with E-state index in [4.69, 9.17) is 28.4 Å². The number of nitrogens with zero attached hydrogens (tertiary/aromatic N) is 2. The van der Waals surface area contributed by atoms with Gasteiger partial charge in [0.2, 0.25) is 5.75 Å². The molecule has 0 saturated heterocycles. The van der Waals surface area contributed by atoms with Crippen LogP contribution in [0.2, 0.25) is 0 Å². The Balaban J connectivity index is 1.35. The lowest BCUT2D eigenvalue weighted by Crippen LogP contribution is -2.34. The third-order valence-corrected chi connectivity index (χ3v) is 11.0. The van der Waals surface area contributed by atoms with Crippen molar-refractivity contribution in [2.45, 2.75) is 44.4 Å². The molecule has 10 heteroatoms. The number of methoxy groups -OCH3 is 3. The van der Waals surface area contributed by atoms with Gasteiger partial charge in [-0.25, -0.2) is 8.78 Å². The summed E-state index contributed by atoms with van der Waals surface area (Å²) in [5.41, 5.74) is 6.58. The molecule has 5 aromatic rings. The summed E-state index contributed by atoms with van der Waals surface area (Å²) in [6.07, 6.45) is 2.95. The Morgan fingerprint density at radius 2 is 1.35 bits per heavy atom. The van der Waals surface area contributed by atoms with E-state index in [0.29, 0.717) is 46.7 Å². The maximum absolute atomic E-state index is 15.0. The molecule has 4 aliphatic heterocycles. The molecule has 0 spiro atoms. The van der Waals surface area contributed by atoms with Gasteiger partial charge in [-0.15, -0.1) is 0 Å². The van der Waals surface area contributed by atoms with Crippen molar-refractivity contribution in [2.75, 3.05) is 48.5 Å². The summed E-state index contributed by atoms with van der Waals surface area (Å²) in [5.74, 6) is 2.35. The molecule has 0 aliphatic carbocycles. The molecule has 9 rings (SSSR count). The van der Waals surface area contributed by atoms with Crippen LogP contribution in [0.1, 0.15) is 51.0 Å². The van der Waals surface area contributed by atoms with Crippen LogP contribution in [0.3, 0.4) is 0 Å². The summed E-state index contributed by atoms with van der Waals surface area (Å²) in [5, 5.41) is 0. The lowest BCUT2D eigenvalue weighted by molar-refractivity contribution is 0.216. The normalized spacial score (nSPS) is 18.1. The Bertz CT molecular complexity index is 2190. The first-order chi connectivity index (χ1) is 26.2. The molecule has 0 radical (unpaired) electrons. The maximum Gasteiger partial charge on any atom is 0.204 e. The molecule has 0 N–H and O–H groups in total. The zero-order valence-electron chi connectivity index (χ0n) is 31.2. The molecule has 54 heavy (non-hydrogen) atoms. The first-order valence-corrected chi connectivity index (χ1v) is 18.3. The van der Waals surface area contributed by atoms with Crippen molar-refractivity contribution < 1.29 is 37.2 Å². The summed E-state index contributed by atoms with van der Waals surface area (Å²) in [4.78, 5) is 4.67. The van der Waals surface area contributed by atoms with Gasteiger partial charge < -0.3 is 28.4 Å². The topological polar surface area (TPSA) is 61.9 Å². The van der Waals surface area contributed by atoms with Crippen molar-refractivity contribution in [3.8, 4) is 46.0 Å². The monoisotopic (exact) mass is 734 g/mol. The highest BCUT2D eigenvalue weighted by Gasteiger charge is 2.35. The Hall–Kier alpha value is -5.32. The van der Waals surface area contributed by atoms with Gasteiger partial charge in [0, 0.05) is 36.3 Å². The number of ether oxygens (including phenoxy) is 6. The van der Waals surface area contributed by atoms with Gasteiger partial charge in [-0.2, -0.15) is 0 Å². The molecule has 4 heterocycles. The van der Waals surface area contributed by atoms with Crippen molar-refractivity contribution in [2.24, 2.45) is 0 Å². The molecule has 6 bridgehead atoms. The minimum atomic E-state index is -0.957. The Morgan fingerprint density at radius 3 is 2.11 bits per heavy atom. The van der Waals surface area contributed by atoms with Gasteiger partial charge in [-0.1, -0.05) is 30.3 Å². The van der Waals surface area contributed by atoms with Crippen molar-refractivity contribution in [1.82, 2.24) is 9.80 Å². The fraction of sp³-hybridized carbons (Fsp3) is 0.318. The van der Waals surface area contributed by atoms with Crippen LogP contribution in [0.25, 0.3) is 0 Å². The van der Waals surface area contributed by atoms with Crippen LogP contribution >= 0.6 is 0 Å². The molecule has 2 atom stereocenters. The average molecular weight is 735 g/mol. The zero-order chi connectivity index (χ0) is 37.5. The summed E-state index contributed by atoms with van der Waals surface area (Å²) in [6.45, 7) is 1.43. The summed E-state index contributed by atoms with van der Waals surface area (Å²) < 4.78 is 67.0. The fourth-order valence-electron chi connectivity index (χ4n) is 8.03. The summed E-state index contributed by atoms with van der Waals surface area (Å²) in [6, 6.07) is 24.4. The van der Waals surface area contributed by atoms with E-state index in [1.54, 1.807) is 21.3 Å². The molecule has 280 valence electrons. The zero-order valence-corrected chi connectivity index (χ0v) is 31.2. The standard InChI is InChI=1S/C44H44F2N2O6/c1-47-17-15-28-22-37(50-4)39-24-32(28)34(47)19-26-9-12-31(13-10-26)53-38-21-27(11-14-36(38)49-3)20-35-41-29(16-18-48(35)2)23-40(51-5)43(44(41)54-39)52-25-30-7-6-8-33(45)42(30)46/h6-14,21-24,34-35H,15-20,25H2,1-5H3/t34-,35-/m0/s1. The van der Waals surface area contributed by atoms with Gasteiger partial charge in [0.25, 0.3) is 0 Å². The van der Waals surface area contributed by atoms with E-state index < -0.39 is 11.6 Å². The van der Waals surface area contributed by atoms with Crippen LogP contribution in [0.5, 0.6) is 46.0 Å². The molecule has 5 aromatic carbocycles. The van der Waals surface area contributed by atoms with E-state index >= 15 is 0 Å². The van der Waals surface area contributed by atoms with Crippen molar-refractivity contribution in [3.63, 3.8) is 0 Å². The SMILES string of the molecule is COc1ccc2cc1Oc1ccc(cc1)C[C@H]1c3cc(c(OC)cc3CCN1C)Oc1c(OCc3cccc(F)c3F)c(OC)cc3c1[C@H](C2)N(C)CC3. The second kappa shape index (κ2) is 14.8. The van der Waals surface area contributed by atoms with E-state index in [0.717, 1.165) is 66.4 Å². The number of rotatable bonds is 6. The highest BCUT2D eigenvalue weighted by molar-refractivity contribution is 5.64. The van der Waals surface area contributed by atoms with E-state index in [2.05, 4.69) is 48.2 Å². The molecule has 0 amide bonds. The predicted molar refractivity (Wildman–Crippen MR) is 202 cm³/mol. The second-order valence-corrected chi connectivity index (χ2v) is 14.2. The highest BCUT2D eigenvalue weighted by atomic mass is 19.2. The Kier molecular flexibility index (Phi) is 9.81. The van der Waals surface area contributed by atoms with Crippen LogP contribution in [0.15, 0.2) is 78.9 Å². The van der Waals surface area contributed by atoms with Crippen LogP contribution in [0.4, 0.5) is 8.78 Å². The van der Waals surface area contributed by atoms with Gasteiger partial charge in [0.05, 0.1) is 21.3 Å². The minimum absolute atomic E-state index is 0.0641. The molecular formula is C44H44F2N2O6. The number of hydrogen-bond acceptors (Lipinski definition) is 8. The van der Waals surface area contributed by atoms with Gasteiger partial charge >= 0.3 is 0 Å². The van der Waals surface area contributed by atoms with Gasteiger partial charge in [0.15, 0.2) is 46.1 Å². The third-order valence-electron chi connectivity index (χ3n) is 11.0.